The van der Waals surface area contributed by atoms with E-state index >= 15 is 0 Å². The van der Waals surface area contributed by atoms with Crippen LogP contribution in [0.2, 0.25) is 0 Å². The monoisotopic (exact) mass is 313 g/mol. The van der Waals surface area contributed by atoms with Crippen molar-refractivity contribution in [1.82, 2.24) is 9.97 Å². The molecule has 0 bridgehead atoms. The normalized spacial score (nSPS) is 11.5. The molecule has 0 aliphatic rings. The number of benzene rings is 1. The lowest BCUT2D eigenvalue weighted by Gasteiger charge is -2.12. The van der Waals surface area contributed by atoms with Crippen molar-refractivity contribution in [1.29, 1.82) is 5.26 Å². The summed E-state index contributed by atoms with van der Waals surface area (Å²) in [5, 5.41) is 9.35. The fourth-order valence-corrected chi connectivity index (χ4v) is 2.84. The molecule has 1 aromatic carbocycles. The molecule has 0 aliphatic carbocycles. The van der Waals surface area contributed by atoms with Crippen molar-refractivity contribution in [2.75, 3.05) is 7.11 Å². The zero-order chi connectivity index (χ0) is 16.1. The summed E-state index contributed by atoms with van der Waals surface area (Å²) in [5.41, 5.74) is 1.85. The highest BCUT2D eigenvalue weighted by atomic mass is 32.2. The zero-order valence-corrected chi connectivity index (χ0v) is 13.3. The molecule has 2 rings (SSSR count). The van der Waals surface area contributed by atoms with E-state index in [9.17, 15) is 10.1 Å². The number of nitrogens with zero attached hydrogens (tertiary/aromatic N) is 3. The number of hydrogen-bond donors (Lipinski definition) is 0. The molecular formula is C16H15N3O2S. The molecule has 0 N–H and O–H groups in total. The number of nitriles is 1. The van der Waals surface area contributed by atoms with Gasteiger partial charge in [-0.1, -0.05) is 42.1 Å². The van der Waals surface area contributed by atoms with Crippen molar-refractivity contribution in [3.8, 4) is 17.5 Å². The van der Waals surface area contributed by atoms with Gasteiger partial charge in [-0.05, 0) is 13.8 Å². The Labute approximate surface area is 133 Å². The molecule has 2 aromatic rings. The van der Waals surface area contributed by atoms with Gasteiger partial charge in [0.25, 0.3) is 0 Å². The second-order valence-corrected chi connectivity index (χ2v) is 5.90. The summed E-state index contributed by atoms with van der Waals surface area (Å²) in [7, 11) is 1.34. The number of aromatic nitrogens is 2. The minimum absolute atomic E-state index is 0.355. The molecular weight excluding hydrogens is 298 g/mol. The van der Waals surface area contributed by atoms with E-state index in [0.717, 1.165) is 5.56 Å². The Bertz CT molecular complexity index is 726. The maximum atomic E-state index is 11.6. The van der Waals surface area contributed by atoms with E-state index in [2.05, 4.69) is 16.0 Å². The molecule has 6 heteroatoms. The SMILES string of the molecule is COC(=O)C(C)Sc1nc(-c2ccccc2)nc(C)c1C#N. The van der Waals surface area contributed by atoms with Crippen LogP contribution in [-0.4, -0.2) is 28.3 Å². The van der Waals surface area contributed by atoms with E-state index in [0.29, 0.717) is 22.1 Å². The van der Waals surface area contributed by atoms with Crippen molar-refractivity contribution in [3.63, 3.8) is 0 Å². The van der Waals surface area contributed by atoms with Crippen molar-refractivity contribution < 1.29 is 9.53 Å². The van der Waals surface area contributed by atoms with Crippen LogP contribution in [0.25, 0.3) is 11.4 Å². The highest BCUT2D eigenvalue weighted by molar-refractivity contribution is 8.00. The van der Waals surface area contributed by atoms with Crippen LogP contribution in [0.15, 0.2) is 35.4 Å². The van der Waals surface area contributed by atoms with Gasteiger partial charge in [-0.2, -0.15) is 5.26 Å². The highest BCUT2D eigenvalue weighted by Crippen LogP contribution is 2.29. The largest absolute Gasteiger partial charge is 0.468 e. The van der Waals surface area contributed by atoms with Gasteiger partial charge in [-0.3, -0.25) is 4.79 Å². The molecule has 22 heavy (non-hydrogen) atoms. The minimum atomic E-state index is -0.449. The molecule has 1 heterocycles. The molecule has 112 valence electrons. The fourth-order valence-electron chi connectivity index (χ4n) is 1.86. The number of aryl methyl sites for hydroxylation is 1. The number of thioether (sulfide) groups is 1. The maximum absolute atomic E-state index is 11.6. The van der Waals surface area contributed by atoms with Crippen molar-refractivity contribution in [3.05, 3.63) is 41.6 Å². The fraction of sp³-hybridized carbons (Fsp3) is 0.250. The van der Waals surface area contributed by atoms with Gasteiger partial charge in [0.1, 0.15) is 21.9 Å². The Morgan fingerprint density at radius 2 is 2.00 bits per heavy atom. The standard InChI is InChI=1S/C16H15N3O2S/c1-10-13(9-17)15(22-11(2)16(20)21-3)19-14(18-10)12-7-5-4-6-8-12/h4-8,11H,1-3H3. The number of methoxy groups -OCH3 is 1. The molecule has 0 saturated carbocycles. The van der Waals surface area contributed by atoms with Crippen LogP contribution in [0.5, 0.6) is 0 Å². The molecule has 5 nitrogen and oxygen atoms in total. The summed E-state index contributed by atoms with van der Waals surface area (Å²) in [6, 6.07) is 11.6. The molecule has 1 aromatic heterocycles. The molecule has 0 amide bonds. The summed E-state index contributed by atoms with van der Waals surface area (Å²) >= 11 is 1.20. The third kappa shape index (κ3) is 3.43. The second kappa shape index (κ2) is 7.05. The van der Waals surface area contributed by atoms with E-state index in [1.807, 2.05) is 30.3 Å². The van der Waals surface area contributed by atoms with Gasteiger partial charge >= 0.3 is 5.97 Å². The topological polar surface area (TPSA) is 75.9 Å². The van der Waals surface area contributed by atoms with Crippen molar-refractivity contribution in [2.24, 2.45) is 0 Å². The molecule has 0 aliphatic heterocycles. The first kappa shape index (κ1) is 16.0. The van der Waals surface area contributed by atoms with Crippen LogP contribution in [0.1, 0.15) is 18.2 Å². The first-order valence-electron chi connectivity index (χ1n) is 6.65. The Kier molecular flexibility index (Phi) is 5.12. The summed E-state index contributed by atoms with van der Waals surface area (Å²) in [6.45, 7) is 3.48. The van der Waals surface area contributed by atoms with Crippen LogP contribution in [0, 0.1) is 18.3 Å². The van der Waals surface area contributed by atoms with Crippen LogP contribution in [0.4, 0.5) is 0 Å². The highest BCUT2D eigenvalue weighted by Gasteiger charge is 2.20. The van der Waals surface area contributed by atoms with Crippen molar-refractivity contribution >= 4 is 17.7 Å². The predicted molar refractivity (Wildman–Crippen MR) is 84.3 cm³/mol. The van der Waals surface area contributed by atoms with Gasteiger partial charge in [0.05, 0.1) is 12.8 Å². The van der Waals surface area contributed by atoms with Crippen LogP contribution >= 0.6 is 11.8 Å². The van der Waals surface area contributed by atoms with Crippen LogP contribution < -0.4 is 0 Å². The smallest absolute Gasteiger partial charge is 0.318 e. The van der Waals surface area contributed by atoms with E-state index in [1.165, 1.54) is 18.9 Å². The van der Waals surface area contributed by atoms with E-state index in [1.54, 1.807) is 13.8 Å². The minimum Gasteiger partial charge on any atom is -0.468 e. The third-order valence-corrected chi connectivity index (χ3v) is 4.09. The van der Waals surface area contributed by atoms with Gasteiger partial charge in [0.2, 0.25) is 0 Å². The first-order chi connectivity index (χ1) is 10.6. The summed E-state index contributed by atoms with van der Waals surface area (Å²) < 4.78 is 4.72. The molecule has 0 fully saturated rings. The lowest BCUT2D eigenvalue weighted by atomic mass is 10.2. The van der Waals surface area contributed by atoms with Gasteiger partial charge in [0.15, 0.2) is 5.82 Å². The number of carbonyl (C=O) groups excluding carboxylic acids is 1. The lowest BCUT2D eigenvalue weighted by molar-refractivity contribution is -0.139. The number of ether oxygens (including phenoxy) is 1. The number of rotatable bonds is 4. The average Bonchev–Trinajstić information content (AvgIpc) is 2.54. The Hall–Kier alpha value is -2.39. The quantitative estimate of drug-likeness (QED) is 0.491. The summed E-state index contributed by atoms with van der Waals surface area (Å²) in [6.07, 6.45) is 0. The van der Waals surface area contributed by atoms with E-state index in [-0.39, 0.29) is 5.97 Å². The number of carbonyl (C=O) groups is 1. The summed E-state index contributed by atoms with van der Waals surface area (Å²) in [5.74, 6) is 0.183. The number of esters is 1. The van der Waals surface area contributed by atoms with E-state index in [4.69, 9.17) is 4.74 Å². The summed E-state index contributed by atoms with van der Waals surface area (Å²) in [4.78, 5) is 20.4. The molecule has 1 unspecified atom stereocenters. The van der Waals surface area contributed by atoms with Crippen LogP contribution in [-0.2, 0) is 9.53 Å². The Balaban J connectivity index is 2.46. The average molecular weight is 313 g/mol. The Morgan fingerprint density at radius 1 is 1.32 bits per heavy atom. The van der Waals surface area contributed by atoms with Gasteiger partial charge < -0.3 is 4.74 Å². The predicted octanol–water partition coefficient (Wildman–Crippen LogP) is 2.98. The molecule has 0 spiro atoms. The Morgan fingerprint density at radius 3 is 2.59 bits per heavy atom. The lowest BCUT2D eigenvalue weighted by Crippen LogP contribution is -2.15. The van der Waals surface area contributed by atoms with E-state index < -0.39 is 5.25 Å². The zero-order valence-electron chi connectivity index (χ0n) is 12.5. The molecule has 1 atom stereocenters. The maximum Gasteiger partial charge on any atom is 0.318 e. The molecule has 0 radical (unpaired) electrons. The second-order valence-electron chi connectivity index (χ2n) is 4.57. The van der Waals surface area contributed by atoms with Gasteiger partial charge in [0, 0.05) is 5.56 Å². The third-order valence-electron chi connectivity index (χ3n) is 3.02. The first-order valence-corrected chi connectivity index (χ1v) is 7.53. The van der Waals surface area contributed by atoms with Crippen molar-refractivity contribution in [2.45, 2.75) is 24.1 Å². The van der Waals surface area contributed by atoms with Gasteiger partial charge in [-0.25, -0.2) is 9.97 Å². The molecule has 0 saturated heterocycles. The number of hydrogen-bond acceptors (Lipinski definition) is 6. The van der Waals surface area contributed by atoms with Gasteiger partial charge in [-0.15, -0.1) is 0 Å². The van der Waals surface area contributed by atoms with Crippen LogP contribution in [0.3, 0.4) is 0 Å².